The van der Waals surface area contributed by atoms with E-state index in [1.807, 2.05) is 19.0 Å². The SMILES string of the molecule is COC(=O)c1cc(Br)cc(OCCN(C)C)n1. The number of pyridine rings is 1. The molecule has 0 aliphatic heterocycles. The van der Waals surface area contributed by atoms with Gasteiger partial charge in [-0.1, -0.05) is 15.9 Å². The van der Waals surface area contributed by atoms with Crippen molar-refractivity contribution in [3.05, 3.63) is 22.3 Å². The zero-order valence-electron chi connectivity index (χ0n) is 10.1. The number of hydrogen-bond acceptors (Lipinski definition) is 5. The summed E-state index contributed by atoms with van der Waals surface area (Å²) in [7, 11) is 5.23. The minimum absolute atomic E-state index is 0.224. The molecule has 0 bridgehead atoms. The van der Waals surface area contributed by atoms with E-state index in [1.165, 1.54) is 7.11 Å². The molecule has 0 spiro atoms. The fraction of sp³-hybridized carbons (Fsp3) is 0.455. The zero-order chi connectivity index (χ0) is 12.8. The van der Waals surface area contributed by atoms with Crippen LogP contribution in [0.15, 0.2) is 16.6 Å². The van der Waals surface area contributed by atoms with Gasteiger partial charge in [-0.25, -0.2) is 9.78 Å². The van der Waals surface area contributed by atoms with Crippen molar-refractivity contribution in [2.75, 3.05) is 34.4 Å². The van der Waals surface area contributed by atoms with Gasteiger partial charge < -0.3 is 14.4 Å². The fourth-order valence-corrected chi connectivity index (χ4v) is 1.50. The molecule has 0 aliphatic carbocycles. The Labute approximate surface area is 109 Å². The van der Waals surface area contributed by atoms with E-state index in [9.17, 15) is 4.79 Å². The third kappa shape index (κ3) is 4.70. The van der Waals surface area contributed by atoms with Gasteiger partial charge in [-0.3, -0.25) is 0 Å². The summed E-state index contributed by atoms with van der Waals surface area (Å²) in [5.41, 5.74) is 0.224. The third-order valence-electron chi connectivity index (χ3n) is 1.95. The maximum absolute atomic E-state index is 11.3. The van der Waals surface area contributed by atoms with Crippen LogP contribution in [0, 0.1) is 0 Å². The first-order valence-electron chi connectivity index (χ1n) is 5.06. The Morgan fingerprint density at radius 3 is 2.76 bits per heavy atom. The average molecular weight is 303 g/mol. The number of halogens is 1. The maximum Gasteiger partial charge on any atom is 0.356 e. The van der Waals surface area contributed by atoms with Crippen molar-refractivity contribution in [1.82, 2.24) is 9.88 Å². The molecule has 0 N–H and O–H groups in total. The first-order valence-corrected chi connectivity index (χ1v) is 5.85. The van der Waals surface area contributed by atoms with Crippen molar-refractivity contribution < 1.29 is 14.3 Å². The number of rotatable bonds is 5. The summed E-state index contributed by atoms with van der Waals surface area (Å²) >= 11 is 3.29. The number of likely N-dealkylation sites (N-methyl/N-ethyl adjacent to an activating group) is 1. The number of aromatic nitrogens is 1. The number of carbonyl (C=O) groups excluding carboxylic acids is 1. The standard InChI is InChI=1S/C11H15BrN2O3/c1-14(2)4-5-17-10-7-8(12)6-9(13-10)11(15)16-3/h6-7H,4-5H2,1-3H3. The lowest BCUT2D eigenvalue weighted by atomic mass is 10.3. The van der Waals surface area contributed by atoms with E-state index in [0.29, 0.717) is 12.5 Å². The van der Waals surface area contributed by atoms with Crippen LogP contribution in [0.2, 0.25) is 0 Å². The van der Waals surface area contributed by atoms with Gasteiger partial charge in [0, 0.05) is 17.1 Å². The highest BCUT2D eigenvalue weighted by Gasteiger charge is 2.10. The summed E-state index contributed by atoms with van der Waals surface area (Å²) in [4.78, 5) is 17.4. The van der Waals surface area contributed by atoms with E-state index in [0.717, 1.165) is 11.0 Å². The van der Waals surface area contributed by atoms with Crippen LogP contribution in [0.25, 0.3) is 0 Å². The largest absolute Gasteiger partial charge is 0.476 e. The lowest BCUT2D eigenvalue weighted by Crippen LogP contribution is -2.20. The fourth-order valence-electron chi connectivity index (χ4n) is 1.09. The van der Waals surface area contributed by atoms with Crippen molar-refractivity contribution >= 4 is 21.9 Å². The third-order valence-corrected chi connectivity index (χ3v) is 2.41. The van der Waals surface area contributed by atoms with Crippen LogP contribution in [-0.2, 0) is 4.74 Å². The Kier molecular flexibility index (Phi) is 5.37. The Morgan fingerprint density at radius 2 is 2.18 bits per heavy atom. The molecule has 0 saturated carbocycles. The van der Waals surface area contributed by atoms with E-state index in [2.05, 4.69) is 25.7 Å². The van der Waals surface area contributed by atoms with E-state index in [-0.39, 0.29) is 5.69 Å². The molecule has 1 aromatic rings. The lowest BCUT2D eigenvalue weighted by molar-refractivity contribution is 0.0592. The molecule has 6 heteroatoms. The summed E-state index contributed by atoms with van der Waals surface area (Å²) < 4.78 is 10.8. The Hall–Kier alpha value is -1.14. The van der Waals surface area contributed by atoms with Crippen LogP contribution in [0.4, 0.5) is 0 Å². The molecular formula is C11H15BrN2O3. The molecule has 0 unspecified atom stereocenters. The first kappa shape index (κ1) is 13.9. The monoisotopic (exact) mass is 302 g/mol. The van der Waals surface area contributed by atoms with E-state index >= 15 is 0 Å². The first-order chi connectivity index (χ1) is 8.02. The number of carbonyl (C=O) groups is 1. The van der Waals surface area contributed by atoms with Crippen molar-refractivity contribution in [3.63, 3.8) is 0 Å². The summed E-state index contributed by atoms with van der Waals surface area (Å²) in [6, 6.07) is 3.30. The zero-order valence-corrected chi connectivity index (χ0v) is 11.7. The molecular weight excluding hydrogens is 288 g/mol. The Morgan fingerprint density at radius 1 is 1.47 bits per heavy atom. The van der Waals surface area contributed by atoms with E-state index in [1.54, 1.807) is 12.1 Å². The van der Waals surface area contributed by atoms with Crippen molar-refractivity contribution in [2.45, 2.75) is 0 Å². The van der Waals surface area contributed by atoms with Gasteiger partial charge in [0.25, 0.3) is 0 Å². The van der Waals surface area contributed by atoms with Gasteiger partial charge in [-0.15, -0.1) is 0 Å². The van der Waals surface area contributed by atoms with Gasteiger partial charge in [0.05, 0.1) is 7.11 Å². The normalized spacial score (nSPS) is 10.4. The smallest absolute Gasteiger partial charge is 0.356 e. The van der Waals surface area contributed by atoms with Gasteiger partial charge in [0.15, 0.2) is 5.69 Å². The quantitative estimate of drug-likeness (QED) is 0.773. The molecule has 0 fully saturated rings. The highest BCUT2D eigenvalue weighted by atomic mass is 79.9. The highest BCUT2D eigenvalue weighted by Crippen LogP contribution is 2.18. The number of nitrogens with zero attached hydrogens (tertiary/aromatic N) is 2. The van der Waals surface area contributed by atoms with Crippen LogP contribution in [0.5, 0.6) is 5.88 Å². The molecule has 0 aliphatic rings. The van der Waals surface area contributed by atoms with Gasteiger partial charge in [-0.05, 0) is 20.2 Å². The van der Waals surface area contributed by atoms with Crippen LogP contribution in [0.3, 0.4) is 0 Å². The molecule has 94 valence electrons. The molecule has 17 heavy (non-hydrogen) atoms. The molecule has 0 amide bonds. The van der Waals surface area contributed by atoms with Gasteiger partial charge >= 0.3 is 5.97 Å². The predicted molar refractivity (Wildman–Crippen MR) is 67.3 cm³/mol. The molecule has 1 heterocycles. The second-order valence-electron chi connectivity index (χ2n) is 3.65. The number of esters is 1. The van der Waals surface area contributed by atoms with Crippen LogP contribution in [-0.4, -0.2) is 50.2 Å². The average Bonchev–Trinajstić information content (AvgIpc) is 2.26. The minimum atomic E-state index is -0.483. The van der Waals surface area contributed by atoms with Gasteiger partial charge in [-0.2, -0.15) is 0 Å². The molecule has 0 radical (unpaired) electrons. The van der Waals surface area contributed by atoms with Crippen LogP contribution >= 0.6 is 15.9 Å². The molecule has 1 rings (SSSR count). The highest BCUT2D eigenvalue weighted by molar-refractivity contribution is 9.10. The lowest BCUT2D eigenvalue weighted by Gasteiger charge is -2.11. The molecule has 5 nitrogen and oxygen atoms in total. The van der Waals surface area contributed by atoms with Crippen LogP contribution < -0.4 is 4.74 Å². The summed E-state index contributed by atoms with van der Waals surface area (Å²) in [5.74, 6) is -0.0783. The number of methoxy groups -OCH3 is 1. The second-order valence-corrected chi connectivity index (χ2v) is 4.57. The predicted octanol–water partition coefficient (Wildman–Crippen LogP) is 1.57. The summed E-state index contributed by atoms with van der Waals surface area (Å²) in [6.45, 7) is 1.29. The molecule has 0 aromatic carbocycles. The van der Waals surface area contributed by atoms with Gasteiger partial charge in [0.1, 0.15) is 6.61 Å². The summed E-state index contributed by atoms with van der Waals surface area (Å²) in [6.07, 6.45) is 0. The summed E-state index contributed by atoms with van der Waals surface area (Å²) in [5, 5.41) is 0. The van der Waals surface area contributed by atoms with Crippen molar-refractivity contribution in [3.8, 4) is 5.88 Å². The van der Waals surface area contributed by atoms with E-state index < -0.39 is 5.97 Å². The number of ether oxygens (including phenoxy) is 2. The second kappa shape index (κ2) is 6.56. The molecule has 0 saturated heterocycles. The minimum Gasteiger partial charge on any atom is -0.476 e. The maximum atomic E-state index is 11.3. The van der Waals surface area contributed by atoms with E-state index in [4.69, 9.17) is 4.74 Å². The van der Waals surface area contributed by atoms with Crippen molar-refractivity contribution in [2.24, 2.45) is 0 Å². The number of hydrogen-bond donors (Lipinski definition) is 0. The van der Waals surface area contributed by atoms with Gasteiger partial charge in [0.2, 0.25) is 5.88 Å². The Balaban J connectivity index is 2.72. The molecule has 1 aromatic heterocycles. The Bertz CT molecular complexity index is 396. The topological polar surface area (TPSA) is 51.7 Å². The molecule has 0 atom stereocenters. The van der Waals surface area contributed by atoms with Crippen molar-refractivity contribution in [1.29, 1.82) is 0 Å². The van der Waals surface area contributed by atoms with Crippen LogP contribution in [0.1, 0.15) is 10.5 Å².